The van der Waals surface area contributed by atoms with Gasteiger partial charge in [0.1, 0.15) is 5.75 Å². The van der Waals surface area contributed by atoms with E-state index in [1.54, 1.807) is 24.0 Å². The largest absolute Gasteiger partial charge is 0.497 e. The number of hydrogen-bond acceptors (Lipinski definition) is 11. The third-order valence-electron chi connectivity index (χ3n) is 9.65. The summed E-state index contributed by atoms with van der Waals surface area (Å²) in [5.41, 5.74) is -1.63. The van der Waals surface area contributed by atoms with E-state index in [0.29, 0.717) is 29.2 Å². The first-order chi connectivity index (χ1) is 26.1. The molecular formula is C36H40F3N7O8S. The number of nitrogens with one attached hydrogen (secondary N) is 1. The van der Waals surface area contributed by atoms with Crippen molar-refractivity contribution in [2.45, 2.75) is 42.4 Å². The number of halogens is 3. The van der Waals surface area contributed by atoms with E-state index in [2.05, 4.69) is 33.2 Å². The molecule has 2 N–H and O–H groups in total. The van der Waals surface area contributed by atoms with E-state index in [4.69, 9.17) is 19.4 Å². The fourth-order valence-corrected chi connectivity index (χ4v) is 8.25. The minimum atomic E-state index is -5.08. The van der Waals surface area contributed by atoms with Gasteiger partial charge in [-0.15, -0.1) is 0 Å². The molecule has 0 radical (unpaired) electrons. The molecule has 3 aliphatic heterocycles. The second kappa shape index (κ2) is 16.5. The number of alkyl halides is 3. The van der Waals surface area contributed by atoms with E-state index in [9.17, 15) is 36.4 Å². The van der Waals surface area contributed by atoms with Crippen LogP contribution in [0.3, 0.4) is 0 Å². The van der Waals surface area contributed by atoms with Crippen LogP contribution in [0.1, 0.15) is 36.5 Å². The molecule has 3 aromatic rings. The van der Waals surface area contributed by atoms with Crippen LogP contribution >= 0.6 is 0 Å². The Kier molecular flexibility index (Phi) is 12.2. The molecule has 1 unspecified atom stereocenters. The van der Waals surface area contributed by atoms with Crippen LogP contribution in [-0.4, -0.2) is 123 Å². The summed E-state index contributed by atoms with van der Waals surface area (Å²) in [5.74, 6) is -3.21. The van der Waals surface area contributed by atoms with Crippen LogP contribution in [0.5, 0.6) is 11.6 Å². The predicted molar refractivity (Wildman–Crippen MR) is 191 cm³/mol. The number of benzene rings is 2. The number of carboxylic acids is 1. The number of carbonyl (C=O) groups is 3. The number of urea groups is 1. The summed E-state index contributed by atoms with van der Waals surface area (Å²) < 4.78 is 72.1. The Morgan fingerprint density at radius 3 is 2.24 bits per heavy atom. The van der Waals surface area contributed by atoms with Crippen LogP contribution in [0.2, 0.25) is 0 Å². The average Bonchev–Trinajstić information content (AvgIpc) is 3.42. The highest BCUT2D eigenvalue weighted by Crippen LogP contribution is 2.49. The van der Waals surface area contributed by atoms with Gasteiger partial charge in [0.2, 0.25) is 5.88 Å². The number of sulfonamides is 1. The van der Waals surface area contributed by atoms with Gasteiger partial charge in [-0.2, -0.15) is 22.7 Å². The van der Waals surface area contributed by atoms with E-state index in [1.807, 2.05) is 0 Å². The van der Waals surface area contributed by atoms with E-state index < -0.39 is 39.6 Å². The molecule has 6 rings (SSSR count). The second-order valence-electron chi connectivity index (χ2n) is 12.9. The molecule has 294 valence electrons. The smallest absolute Gasteiger partial charge is 0.490 e. The third-order valence-corrected chi connectivity index (χ3v) is 11.4. The number of amides is 3. The van der Waals surface area contributed by atoms with Crippen LogP contribution < -0.4 is 19.1 Å². The van der Waals surface area contributed by atoms with Crippen LogP contribution in [0, 0.1) is 11.3 Å². The number of hydrogen-bond donors (Lipinski definition) is 2. The van der Waals surface area contributed by atoms with Crippen molar-refractivity contribution in [3.8, 4) is 17.7 Å². The number of nitrogens with zero attached hydrogens (tertiary/aromatic N) is 6. The maximum absolute atomic E-state index is 15.0. The maximum Gasteiger partial charge on any atom is 0.490 e. The van der Waals surface area contributed by atoms with Crippen molar-refractivity contribution in [2.75, 3.05) is 64.3 Å². The van der Waals surface area contributed by atoms with E-state index in [0.717, 1.165) is 39.0 Å². The highest BCUT2D eigenvalue weighted by molar-refractivity contribution is 7.93. The minimum absolute atomic E-state index is 0.00944. The van der Waals surface area contributed by atoms with Crippen molar-refractivity contribution < 1.29 is 50.6 Å². The molecule has 19 heteroatoms. The number of nitriles is 1. The summed E-state index contributed by atoms with van der Waals surface area (Å²) in [7, 11) is -0.944. The van der Waals surface area contributed by atoms with Gasteiger partial charge >= 0.3 is 18.2 Å². The summed E-state index contributed by atoms with van der Waals surface area (Å²) in [6, 6.07) is 15.0. The number of piperazine rings is 1. The summed E-state index contributed by atoms with van der Waals surface area (Å²) >= 11 is 0. The van der Waals surface area contributed by atoms with Crippen molar-refractivity contribution in [1.82, 2.24) is 25.0 Å². The molecule has 2 aromatic carbocycles. The van der Waals surface area contributed by atoms with Gasteiger partial charge in [-0.1, -0.05) is 0 Å². The lowest BCUT2D eigenvalue weighted by Crippen LogP contribution is -2.59. The number of likely N-dealkylation sites (N-methyl/N-ethyl adjacent to an activating group) is 1. The van der Waals surface area contributed by atoms with Crippen molar-refractivity contribution in [2.24, 2.45) is 0 Å². The molecule has 0 spiro atoms. The van der Waals surface area contributed by atoms with Gasteiger partial charge in [-0.25, -0.2) is 23.0 Å². The van der Waals surface area contributed by atoms with Crippen LogP contribution in [0.25, 0.3) is 0 Å². The van der Waals surface area contributed by atoms with Crippen molar-refractivity contribution in [3.63, 3.8) is 0 Å². The lowest BCUT2D eigenvalue weighted by atomic mass is 9.83. The molecule has 2 fully saturated rings. The number of ether oxygens (including phenoxy) is 2. The van der Waals surface area contributed by atoms with Crippen molar-refractivity contribution in [3.05, 3.63) is 77.5 Å². The van der Waals surface area contributed by atoms with Gasteiger partial charge in [0.15, 0.2) is 5.54 Å². The number of rotatable bonds is 8. The third kappa shape index (κ3) is 8.30. The molecule has 2 saturated heterocycles. The highest BCUT2D eigenvalue weighted by Gasteiger charge is 2.59. The molecule has 0 bridgehead atoms. The quantitative estimate of drug-likeness (QED) is 0.340. The lowest BCUT2D eigenvalue weighted by molar-refractivity contribution is -0.192. The Labute approximate surface area is 315 Å². The van der Waals surface area contributed by atoms with Gasteiger partial charge in [-0.05, 0) is 81.4 Å². The molecule has 1 aromatic heterocycles. The van der Waals surface area contributed by atoms with Crippen molar-refractivity contribution >= 4 is 33.6 Å². The number of methoxy groups -OCH3 is 1. The summed E-state index contributed by atoms with van der Waals surface area (Å²) in [6.07, 6.45) is -2.06. The zero-order valence-corrected chi connectivity index (χ0v) is 31.1. The average molecular weight is 788 g/mol. The Balaban J connectivity index is 0.000000757. The van der Waals surface area contributed by atoms with Gasteiger partial charge in [0.05, 0.1) is 41.5 Å². The highest BCUT2D eigenvalue weighted by atomic mass is 32.2. The van der Waals surface area contributed by atoms with Crippen LogP contribution in [0.4, 0.5) is 23.7 Å². The second-order valence-corrected chi connectivity index (χ2v) is 14.7. The first-order valence-corrected chi connectivity index (χ1v) is 18.7. The number of anilines is 1. The fourth-order valence-electron chi connectivity index (χ4n) is 6.79. The summed E-state index contributed by atoms with van der Waals surface area (Å²) in [5, 5.41) is 20.0. The summed E-state index contributed by atoms with van der Waals surface area (Å²) in [4.78, 5) is 48.8. The summed E-state index contributed by atoms with van der Waals surface area (Å²) in [6.45, 7) is 6.81. The van der Waals surface area contributed by atoms with E-state index >= 15 is 0 Å². The monoisotopic (exact) mass is 787 g/mol. The molecule has 55 heavy (non-hydrogen) atoms. The van der Waals surface area contributed by atoms with Gasteiger partial charge in [-0.3, -0.25) is 9.69 Å². The SMILES string of the molecule is CCOc1ncccc1C1(NC(=O)N2CCC(N3CCN(C)CC3)CC2)C(=O)N(S(=O)(=O)c2ccc(OC)cc2)c2ccc(C#N)cc21.O=C(O)C(F)(F)F. The Morgan fingerprint density at radius 2 is 1.67 bits per heavy atom. The Morgan fingerprint density at radius 1 is 1.04 bits per heavy atom. The van der Waals surface area contributed by atoms with Gasteiger partial charge < -0.3 is 29.7 Å². The van der Waals surface area contributed by atoms with Gasteiger partial charge in [0.25, 0.3) is 15.9 Å². The van der Waals surface area contributed by atoms with E-state index in [1.165, 1.54) is 55.8 Å². The number of aromatic nitrogens is 1. The number of carbonyl (C=O) groups excluding carboxylic acids is 2. The lowest BCUT2D eigenvalue weighted by Gasteiger charge is -2.42. The molecule has 15 nitrogen and oxygen atoms in total. The molecule has 3 amide bonds. The molecule has 3 aliphatic rings. The first kappa shape index (κ1) is 40.7. The number of pyridine rings is 1. The van der Waals surface area contributed by atoms with Crippen LogP contribution in [-0.2, 0) is 25.2 Å². The molecule has 4 heterocycles. The number of aliphatic carboxylic acids is 1. The van der Waals surface area contributed by atoms with Crippen LogP contribution in [0.15, 0.2) is 65.7 Å². The topological polar surface area (TPSA) is 186 Å². The number of carboxylic acid groups (broad SMARTS) is 1. The fraction of sp³-hybridized carbons (Fsp3) is 0.417. The molecule has 0 aliphatic carbocycles. The van der Waals surface area contributed by atoms with E-state index in [-0.39, 0.29) is 39.8 Å². The zero-order chi connectivity index (χ0) is 40.1. The van der Waals surface area contributed by atoms with Crippen molar-refractivity contribution in [1.29, 1.82) is 5.26 Å². The normalized spacial score (nSPS) is 19.5. The number of likely N-dealkylation sites (tertiary alicyclic amines) is 1. The predicted octanol–water partition coefficient (Wildman–Crippen LogP) is 3.39. The Hall–Kier alpha value is -5.45. The number of piperidine rings is 1. The molecule has 1 atom stereocenters. The molecular weight excluding hydrogens is 747 g/mol. The first-order valence-electron chi connectivity index (χ1n) is 17.2. The van der Waals surface area contributed by atoms with Gasteiger partial charge in [0, 0.05) is 57.1 Å². The standard InChI is InChI=1S/C34H39N7O6S.C2HF3O2/c1-4-47-31-28(6-5-15-36-31)34(37-33(43)40-16-13-25(14-17-40)39-20-18-38(2)19-21-39)29-22-24(23-35)7-12-30(29)41(32(34)42)48(44,45)27-10-8-26(46-3)9-11-27;3-2(4,5)1(6)7/h5-12,15,22,25H,4,13-14,16-21H2,1-3H3,(H,37,43);(H,6,7). The minimum Gasteiger partial charge on any atom is -0.497 e. The Bertz CT molecular complexity index is 2050. The molecule has 0 saturated carbocycles. The maximum atomic E-state index is 15.0. The number of fused-ring (bicyclic) bond motifs is 1. The zero-order valence-electron chi connectivity index (χ0n) is 30.2.